The van der Waals surface area contributed by atoms with Gasteiger partial charge in [0.2, 0.25) is 0 Å². The molecule has 2 N–H and O–H groups in total. The van der Waals surface area contributed by atoms with E-state index in [4.69, 9.17) is 11.6 Å². The second-order valence-electron chi connectivity index (χ2n) is 5.44. The van der Waals surface area contributed by atoms with Crippen molar-refractivity contribution in [2.75, 3.05) is 19.6 Å². The molecule has 0 aliphatic carbocycles. The number of rotatable bonds is 4. The van der Waals surface area contributed by atoms with Crippen LogP contribution in [0.15, 0.2) is 29.6 Å². The summed E-state index contributed by atoms with van der Waals surface area (Å²) in [6.45, 7) is 2.75. The highest BCUT2D eigenvalue weighted by Crippen LogP contribution is 2.30. The Kier molecular flexibility index (Phi) is 5.08. The monoisotopic (exact) mass is 335 g/mol. The second-order valence-corrected chi connectivity index (χ2v) is 6.71. The van der Waals surface area contributed by atoms with Gasteiger partial charge in [-0.1, -0.05) is 29.8 Å². The molecule has 0 spiro atoms. The quantitative estimate of drug-likeness (QED) is 0.902. The summed E-state index contributed by atoms with van der Waals surface area (Å²) in [6.07, 6.45) is 2.34. The van der Waals surface area contributed by atoms with Gasteiger partial charge in [-0.05, 0) is 37.9 Å². The number of halogens is 1. The SMILES string of the molecule is O=C(NCC1CCCNC1)c1csc(-c2ccccc2Cl)n1. The van der Waals surface area contributed by atoms with Gasteiger partial charge < -0.3 is 10.6 Å². The zero-order valence-corrected chi connectivity index (χ0v) is 13.7. The van der Waals surface area contributed by atoms with Gasteiger partial charge in [0.25, 0.3) is 5.91 Å². The molecule has 4 nitrogen and oxygen atoms in total. The van der Waals surface area contributed by atoms with Crippen LogP contribution >= 0.6 is 22.9 Å². The average molecular weight is 336 g/mol. The number of hydrogen-bond acceptors (Lipinski definition) is 4. The fourth-order valence-electron chi connectivity index (χ4n) is 2.56. The number of aromatic nitrogens is 1. The smallest absolute Gasteiger partial charge is 0.270 e. The van der Waals surface area contributed by atoms with Crippen molar-refractivity contribution in [3.8, 4) is 10.6 Å². The lowest BCUT2D eigenvalue weighted by Gasteiger charge is -2.22. The van der Waals surface area contributed by atoms with E-state index in [9.17, 15) is 4.79 Å². The molecule has 6 heteroatoms. The zero-order valence-electron chi connectivity index (χ0n) is 12.1. The molecular weight excluding hydrogens is 318 g/mol. The van der Waals surface area contributed by atoms with E-state index < -0.39 is 0 Å². The number of amides is 1. The molecule has 1 fully saturated rings. The topological polar surface area (TPSA) is 54.0 Å². The van der Waals surface area contributed by atoms with E-state index in [0.717, 1.165) is 30.1 Å². The third-order valence-electron chi connectivity index (χ3n) is 3.79. The Morgan fingerprint density at radius 3 is 3.09 bits per heavy atom. The van der Waals surface area contributed by atoms with Crippen LogP contribution in [0.5, 0.6) is 0 Å². The van der Waals surface area contributed by atoms with Gasteiger partial charge in [-0.15, -0.1) is 11.3 Å². The van der Waals surface area contributed by atoms with E-state index in [-0.39, 0.29) is 5.91 Å². The molecule has 3 rings (SSSR count). The number of thiazole rings is 1. The highest BCUT2D eigenvalue weighted by Gasteiger charge is 2.17. The number of nitrogens with zero attached hydrogens (tertiary/aromatic N) is 1. The summed E-state index contributed by atoms with van der Waals surface area (Å²) >= 11 is 7.61. The van der Waals surface area contributed by atoms with Crippen molar-refractivity contribution >= 4 is 28.8 Å². The Labute approximate surface area is 138 Å². The Morgan fingerprint density at radius 2 is 2.32 bits per heavy atom. The molecule has 1 saturated heterocycles. The number of carbonyl (C=O) groups excluding carboxylic acids is 1. The largest absolute Gasteiger partial charge is 0.350 e. The minimum absolute atomic E-state index is 0.111. The van der Waals surface area contributed by atoms with Crippen molar-refractivity contribution in [1.82, 2.24) is 15.6 Å². The number of carbonyl (C=O) groups is 1. The number of piperidine rings is 1. The van der Waals surface area contributed by atoms with Gasteiger partial charge in [0, 0.05) is 17.5 Å². The highest BCUT2D eigenvalue weighted by molar-refractivity contribution is 7.13. The lowest BCUT2D eigenvalue weighted by Crippen LogP contribution is -2.38. The number of benzene rings is 1. The van der Waals surface area contributed by atoms with E-state index in [1.807, 2.05) is 24.3 Å². The van der Waals surface area contributed by atoms with Crippen LogP contribution in [0.2, 0.25) is 5.02 Å². The Bertz CT molecular complexity index is 652. The van der Waals surface area contributed by atoms with Gasteiger partial charge in [0.15, 0.2) is 0 Å². The molecule has 1 unspecified atom stereocenters. The lowest BCUT2D eigenvalue weighted by molar-refractivity contribution is 0.0940. The summed E-state index contributed by atoms with van der Waals surface area (Å²) in [5, 5.41) is 9.54. The molecule has 1 aromatic carbocycles. The average Bonchev–Trinajstić information content (AvgIpc) is 3.04. The first-order chi connectivity index (χ1) is 10.7. The van der Waals surface area contributed by atoms with E-state index in [2.05, 4.69) is 15.6 Å². The summed E-state index contributed by atoms with van der Waals surface area (Å²) < 4.78 is 0. The van der Waals surface area contributed by atoms with Gasteiger partial charge in [0.05, 0.1) is 5.02 Å². The Hall–Kier alpha value is -1.43. The molecule has 1 aliphatic rings. The second kappa shape index (κ2) is 7.22. The molecule has 1 atom stereocenters. The molecule has 2 heterocycles. The first-order valence-electron chi connectivity index (χ1n) is 7.43. The molecule has 2 aromatic rings. The molecular formula is C16H18ClN3OS. The van der Waals surface area contributed by atoms with Crippen LogP contribution in [0.3, 0.4) is 0 Å². The van der Waals surface area contributed by atoms with Crippen LogP contribution in [-0.2, 0) is 0 Å². The summed E-state index contributed by atoms with van der Waals surface area (Å²) in [4.78, 5) is 16.6. The van der Waals surface area contributed by atoms with Crippen molar-refractivity contribution < 1.29 is 4.79 Å². The van der Waals surface area contributed by atoms with Crippen molar-refractivity contribution in [3.05, 3.63) is 40.4 Å². The molecule has 116 valence electrons. The summed E-state index contributed by atoms with van der Waals surface area (Å²) in [7, 11) is 0. The maximum atomic E-state index is 12.2. The maximum Gasteiger partial charge on any atom is 0.270 e. The number of hydrogen-bond donors (Lipinski definition) is 2. The summed E-state index contributed by atoms with van der Waals surface area (Å²) in [5.74, 6) is 0.402. The fourth-order valence-corrected chi connectivity index (χ4v) is 3.68. The van der Waals surface area contributed by atoms with Gasteiger partial charge >= 0.3 is 0 Å². The molecule has 0 saturated carbocycles. The predicted molar refractivity (Wildman–Crippen MR) is 90.5 cm³/mol. The first kappa shape index (κ1) is 15.5. The van der Waals surface area contributed by atoms with Crippen LogP contribution in [0, 0.1) is 5.92 Å². The molecule has 1 aliphatic heterocycles. The minimum atomic E-state index is -0.111. The standard InChI is InChI=1S/C16H18ClN3OS/c17-13-6-2-1-5-12(13)16-20-14(10-22-16)15(21)19-9-11-4-3-7-18-8-11/h1-2,5-6,10-11,18H,3-4,7-9H2,(H,19,21). The molecule has 1 amide bonds. The van der Waals surface area contributed by atoms with Crippen LogP contribution in [0.25, 0.3) is 10.6 Å². The van der Waals surface area contributed by atoms with E-state index in [1.165, 1.54) is 17.8 Å². The van der Waals surface area contributed by atoms with Crippen LogP contribution in [0.1, 0.15) is 23.3 Å². The van der Waals surface area contributed by atoms with E-state index in [1.54, 1.807) is 5.38 Å². The molecule has 22 heavy (non-hydrogen) atoms. The van der Waals surface area contributed by atoms with Crippen molar-refractivity contribution in [2.24, 2.45) is 5.92 Å². The van der Waals surface area contributed by atoms with Gasteiger partial charge in [-0.25, -0.2) is 4.98 Å². The highest BCUT2D eigenvalue weighted by atomic mass is 35.5. The summed E-state index contributed by atoms with van der Waals surface area (Å²) in [6, 6.07) is 7.54. The van der Waals surface area contributed by atoms with E-state index >= 15 is 0 Å². The van der Waals surface area contributed by atoms with E-state index in [0.29, 0.717) is 23.2 Å². The molecule has 0 bridgehead atoms. The Balaban J connectivity index is 1.63. The van der Waals surface area contributed by atoms with Crippen molar-refractivity contribution in [1.29, 1.82) is 0 Å². The lowest BCUT2D eigenvalue weighted by atomic mass is 10.00. The fraction of sp³-hybridized carbons (Fsp3) is 0.375. The zero-order chi connectivity index (χ0) is 15.4. The van der Waals surface area contributed by atoms with Crippen LogP contribution in [0.4, 0.5) is 0 Å². The van der Waals surface area contributed by atoms with Crippen LogP contribution in [-0.4, -0.2) is 30.5 Å². The third kappa shape index (κ3) is 3.66. The normalized spacial score (nSPS) is 18.1. The minimum Gasteiger partial charge on any atom is -0.350 e. The van der Waals surface area contributed by atoms with Gasteiger partial charge in [-0.2, -0.15) is 0 Å². The number of nitrogens with one attached hydrogen (secondary N) is 2. The third-order valence-corrected chi connectivity index (χ3v) is 5.00. The predicted octanol–water partition coefficient (Wildman–Crippen LogP) is 3.19. The van der Waals surface area contributed by atoms with Crippen molar-refractivity contribution in [3.63, 3.8) is 0 Å². The van der Waals surface area contributed by atoms with Crippen molar-refractivity contribution in [2.45, 2.75) is 12.8 Å². The van der Waals surface area contributed by atoms with Gasteiger partial charge in [-0.3, -0.25) is 4.79 Å². The maximum absolute atomic E-state index is 12.2. The summed E-state index contributed by atoms with van der Waals surface area (Å²) in [5.41, 5.74) is 1.33. The molecule has 1 aromatic heterocycles. The first-order valence-corrected chi connectivity index (χ1v) is 8.69. The van der Waals surface area contributed by atoms with Gasteiger partial charge in [0.1, 0.15) is 10.7 Å². The van der Waals surface area contributed by atoms with Crippen LogP contribution < -0.4 is 10.6 Å². The molecule has 0 radical (unpaired) electrons. The Morgan fingerprint density at radius 1 is 1.45 bits per heavy atom.